The Kier molecular flexibility index (Phi) is 5.67. The fourth-order valence-electron chi connectivity index (χ4n) is 2.70. The van der Waals surface area contributed by atoms with Crippen LogP contribution in [-0.4, -0.2) is 15.9 Å². The van der Waals surface area contributed by atoms with Crippen molar-refractivity contribution in [2.24, 2.45) is 0 Å². The van der Waals surface area contributed by atoms with E-state index in [0.29, 0.717) is 22.9 Å². The first-order valence-electron chi connectivity index (χ1n) is 9.18. The Morgan fingerprint density at radius 3 is 2.79 bits per heavy atom. The van der Waals surface area contributed by atoms with E-state index in [0.717, 1.165) is 17.7 Å². The molecule has 1 amide bonds. The maximum Gasteiger partial charge on any atom is 0.268 e. The molecule has 0 aliphatic rings. The second-order valence-electron chi connectivity index (χ2n) is 6.30. The smallest absolute Gasteiger partial charge is 0.268 e. The van der Waals surface area contributed by atoms with Gasteiger partial charge in [-0.3, -0.25) is 10.1 Å². The van der Waals surface area contributed by atoms with Gasteiger partial charge in [-0.2, -0.15) is 0 Å². The second kappa shape index (κ2) is 8.70. The molecule has 0 bridgehead atoms. The van der Waals surface area contributed by atoms with Crippen LogP contribution in [-0.2, 0) is 13.0 Å². The highest BCUT2D eigenvalue weighted by atomic mass is 32.1. The molecule has 7 heteroatoms. The molecular formula is C22H19N3O3S. The zero-order chi connectivity index (χ0) is 20.1. The highest BCUT2D eigenvalue weighted by Gasteiger charge is 2.12. The van der Waals surface area contributed by atoms with Crippen molar-refractivity contribution in [3.05, 3.63) is 82.4 Å². The zero-order valence-electron chi connectivity index (χ0n) is 15.8. The maximum atomic E-state index is 12.5. The van der Waals surface area contributed by atoms with Gasteiger partial charge in [0.25, 0.3) is 5.91 Å². The first kappa shape index (κ1) is 18.9. The summed E-state index contributed by atoms with van der Waals surface area (Å²) in [5.41, 5.74) is 2.81. The van der Waals surface area contributed by atoms with E-state index in [1.54, 1.807) is 30.7 Å². The number of carbonyl (C=O) groups excluding carboxylic acids is 1. The van der Waals surface area contributed by atoms with Crippen molar-refractivity contribution < 1.29 is 13.9 Å². The first-order valence-corrected chi connectivity index (χ1v) is 10.1. The molecule has 0 aliphatic carbocycles. The van der Waals surface area contributed by atoms with E-state index in [1.807, 2.05) is 23.6 Å². The van der Waals surface area contributed by atoms with Gasteiger partial charge in [0.1, 0.15) is 18.1 Å². The minimum Gasteiger partial charge on any atom is -0.489 e. The summed E-state index contributed by atoms with van der Waals surface area (Å²) >= 11 is 1.35. The molecule has 0 spiro atoms. The van der Waals surface area contributed by atoms with Crippen LogP contribution in [0.4, 0.5) is 5.95 Å². The number of amides is 1. The van der Waals surface area contributed by atoms with Gasteiger partial charge < -0.3 is 9.15 Å². The standard InChI is InChI=1S/C22H19N3O3S/c1-2-15-5-7-17(8-6-15)28-13-16-12-20(29-14-16)21(26)25-22-23-10-9-18(24-22)19-4-3-11-27-19/h3-12,14H,2,13H2,1H3,(H,23,24,25,26). The summed E-state index contributed by atoms with van der Waals surface area (Å²) in [5, 5.41) is 4.64. The van der Waals surface area contributed by atoms with Gasteiger partial charge in [0.15, 0.2) is 5.76 Å². The second-order valence-corrected chi connectivity index (χ2v) is 7.21. The van der Waals surface area contributed by atoms with Crippen LogP contribution in [0, 0.1) is 0 Å². The molecule has 1 aromatic carbocycles. The summed E-state index contributed by atoms with van der Waals surface area (Å²) in [6, 6.07) is 15.2. The number of aromatic nitrogens is 2. The van der Waals surface area contributed by atoms with Crippen molar-refractivity contribution in [2.75, 3.05) is 5.32 Å². The van der Waals surface area contributed by atoms with Crippen molar-refractivity contribution in [2.45, 2.75) is 20.0 Å². The molecule has 0 unspecified atom stereocenters. The predicted octanol–water partition coefficient (Wildman–Crippen LogP) is 5.19. The lowest BCUT2D eigenvalue weighted by atomic mass is 10.2. The Hall–Kier alpha value is -3.45. The number of ether oxygens (including phenoxy) is 1. The Labute approximate surface area is 172 Å². The molecule has 0 aliphatic heterocycles. The van der Waals surface area contributed by atoms with E-state index in [1.165, 1.54) is 16.9 Å². The lowest BCUT2D eigenvalue weighted by Crippen LogP contribution is -2.13. The number of nitrogens with zero attached hydrogens (tertiary/aromatic N) is 2. The van der Waals surface area contributed by atoms with Gasteiger partial charge in [-0.1, -0.05) is 19.1 Å². The molecule has 0 radical (unpaired) electrons. The van der Waals surface area contributed by atoms with Crippen LogP contribution in [0.5, 0.6) is 5.75 Å². The third-order valence-electron chi connectivity index (χ3n) is 4.27. The number of furan rings is 1. The molecule has 4 aromatic rings. The van der Waals surface area contributed by atoms with E-state index in [4.69, 9.17) is 9.15 Å². The van der Waals surface area contributed by atoms with E-state index in [2.05, 4.69) is 34.3 Å². The van der Waals surface area contributed by atoms with Crippen LogP contribution in [0.3, 0.4) is 0 Å². The average Bonchev–Trinajstić information content (AvgIpc) is 3.45. The zero-order valence-corrected chi connectivity index (χ0v) is 16.6. The maximum absolute atomic E-state index is 12.5. The van der Waals surface area contributed by atoms with E-state index in [9.17, 15) is 4.79 Å². The topological polar surface area (TPSA) is 77.2 Å². The molecule has 0 saturated heterocycles. The minimum atomic E-state index is -0.259. The molecule has 0 saturated carbocycles. The highest BCUT2D eigenvalue weighted by Crippen LogP contribution is 2.21. The Bertz CT molecular complexity index is 1090. The van der Waals surface area contributed by atoms with Crippen LogP contribution in [0.2, 0.25) is 0 Å². The summed E-state index contributed by atoms with van der Waals surface area (Å²) in [6.07, 6.45) is 4.15. The Morgan fingerprint density at radius 1 is 1.17 bits per heavy atom. The van der Waals surface area contributed by atoms with Crippen molar-refractivity contribution >= 4 is 23.2 Å². The molecular weight excluding hydrogens is 386 g/mol. The van der Waals surface area contributed by atoms with Gasteiger partial charge in [-0.15, -0.1) is 11.3 Å². The quantitative estimate of drug-likeness (QED) is 0.458. The number of benzene rings is 1. The normalized spacial score (nSPS) is 10.7. The molecule has 0 fully saturated rings. The molecule has 29 heavy (non-hydrogen) atoms. The van der Waals surface area contributed by atoms with Crippen LogP contribution in [0.1, 0.15) is 27.7 Å². The Balaban J connectivity index is 1.37. The number of anilines is 1. The lowest BCUT2D eigenvalue weighted by molar-refractivity contribution is 0.102. The molecule has 0 atom stereocenters. The van der Waals surface area contributed by atoms with Crippen molar-refractivity contribution in [1.82, 2.24) is 9.97 Å². The predicted molar refractivity (Wildman–Crippen MR) is 112 cm³/mol. The molecule has 146 valence electrons. The summed E-state index contributed by atoms with van der Waals surface area (Å²) in [6.45, 7) is 2.52. The highest BCUT2D eigenvalue weighted by molar-refractivity contribution is 7.12. The van der Waals surface area contributed by atoms with Crippen molar-refractivity contribution in [1.29, 1.82) is 0 Å². The number of hydrogen-bond donors (Lipinski definition) is 1. The van der Waals surface area contributed by atoms with Gasteiger partial charge >= 0.3 is 0 Å². The van der Waals surface area contributed by atoms with Gasteiger partial charge in [0.2, 0.25) is 5.95 Å². The average molecular weight is 405 g/mol. The summed E-state index contributed by atoms with van der Waals surface area (Å²) in [7, 11) is 0. The first-order chi connectivity index (χ1) is 14.2. The molecule has 6 nitrogen and oxygen atoms in total. The lowest BCUT2D eigenvalue weighted by Gasteiger charge is -2.05. The number of thiophene rings is 1. The number of rotatable bonds is 7. The SMILES string of the molecule is CCc1ccc(OCc2csc(C(=O)Nc3nccc(-c4ccco4)n3)c2)cc1. The van der Waals surface area contributed by atoms with E-state index >= 15 is 0 Å². The molecule has 3 heterocycles. The Morgan fingerprint density at radius 2 is 2.03 bits per heavy atom. The third kappa shape index (κ3) is 4.70. The molecule has 3 aromatic heterocycles. The van der Waals surface area contributed by atoms with Gasteiger partial charge in [-0.25, -0.2) is 9.97 Å². The van der Waals surface area contributed by atoms with Crippen molar-refractivity contribution in [3.63, 3.8) is 0 Å². The fourth-order valence-corrected chi connectivity index (χ4v) is 3.49. The molecule has 4 rings (SSSR count). The number of aryl methyl sites for hydroxylation is 1. The van der Waals surface area contributed by atoms with E-state index < -0.39 is 0 Å². The number of nitrogens with one attached hydrogen (secondary N) is 1. The van der Waals surface area contributed by atoms with Gasteiger partial charge in [-0.05, 0) is 53.8 Å². The summed E-state index contributed by atoms with van der Waals surface area (Å²) in [5.74, 6) is 1.39. The monoisotopic (exact) mass is 405 g/mol. The van der Waals surface area contributed by atoms with Crippen LogP contribution in [0.25, 0.3) is 11.5 Å². The van der Waals surface area contributed by atoms with Crippen LogP contribution in [0.15, 0.2) is 70.8 Å². The van der Waals surface area contributed by atoms with Crippen LogP contribution < -0.4 is 10.1 Å². The van der Waals surface area contributed by atoms with Crippen LogP contribution >= 0.6 is 11.3 Å². The van der Waals surface area contributed by atoms with Gasteiger partial charge in [0, 0.05) is 11.8 Å². The minimum absolute atomic E-state index is 0.228. The third-order valence-corrected chi connectivity index (χ3v) is 5.25. The fraction of sp³-hybridized carbons (Fsp3) is 0.136. The largest absolute Gasteiger partial charge is 0.489 e. The number of carbonyl (C=O) groups is 1. The molecule has 1 N–H and O–H groups in total. The summed E-state index contributed by atoms with van der Waals surface area (Å²) in [4.78, 5) is 21.5. The van der Waals surface area contributed by atoms with Gasteiger partial charge in [0.05, 0.1) is 11.1 Å². The van der Waals surface area contributed by atoms with E-state index in [-0.39, 0.29) is 11.9 Å². The summed E-state index contributed by atoms with van der Waals surface area (Å²) < 4.78 is 11.1. The number of hydrogen-bond acceptors (Lipinski definition) is 6. The van der Waals surface area contributed by atoms with Crippen molar-refractivity contribution in [3.8, 4) is 17.2 Å².